The third-order valence-electron chi connectivity index (χ3n) is 4.95. The lowest BCUT2D eigenvalue weighted by Gasteiger charge is -2.19. The Balaban J connectivity index is 1.68. The van der Waals surface area contributed by atoms with Gasteiger partial charge in [0.25, 0.3) is 0 Å². The molecule has 2 heterocycles. The molecule has 1 aliphatic rings. The number of Topliss-reactive ketones (excluding diaryl/α,β-unsaturated/α-hetero) is 1. The van der Waals surface area contributed by atoms with E-state index >= 15 is 0 Å². The molecule has 0 unspecified atom stereocenters. The van der Waals surface area contributed by atoms with Crippen LogP contribution in [0.3, 0.4) is 0 Å². The molecule has 0 fully saturated rings. The van der Waals surface area contributed by atoms with Gasteiger partial charge >= 0.3 is 0 Å². The number of nitrogens with zero attached hydrogens (tertiary/aromatic N) is 4. The number of aromatic nitrogens is 1. The molecule has 8 heteroatoms. The van der Waals surface area contributed by atoms with Crippen molar-refractivity contribution in [2.45, 2.75) is 39.0 Å². The first-order chi connectivity index (χ1) is 14.1. The maximum Gasteiger partial charge on any atom is 0.226 e. The summed E-state index contributed by atoms with van der Waals surface area (Å²) >= 11 is 1.36. The minimum atomic E-state index is -0.358. The van der Waals surface area contributed by atoms with Crippen LogP contribution in [0.2, 0.25) is 0 Å². The summed E-state index contributed by atoms with van der Waals surface area (Å²) < 4.78 is 0. The maximum absolute atomic E-state index is 12.8. The van der Waals surface area contributed by atoms with Crippen LogP contribution in [0.25, 0.3) is 0 Å². The highest BCUT2D eigenvalue weighted by Crippen LogP contribution is 2.40. The van der Waals surface area contributed by atoms with E-state index in [1.54, 1.807) is 0 Å². The second-order valence-corrected chi connectivity index (χ2v) is 9.03. The van der Waals surface area contributed by atoms with E-state index in [0.717, 1.165) is 17.1 Å². The van der Waals surface area contributed by atoms with Crippen molar-refractivity contribution in [3.63, 3.8) is 0 Å². The molecular weight excluding hydrogens is 398 g/mol. The van der Waals surface area contributed by atoms with Gasteiger partial charge in [0, 0.05) is 37.7 Å². The van der Waals surface area contributed by atoms with Crippen LogP contribution < -0.4 is 15.1 Å². The van der Waals surface area contributed by atoms with Crippen LogP contribution in [0.4, 0.5) is 16.5 Å². The first-order valence-electron chi connectivity index (χ1n) is 9.63. The lowest BCUT2D eigenvalue weighted by atomic mass is 9.93. The average molecular weight is 424 g/mol. The lowest BCUT2D eigenvalue weighted by molar-refractivity contribution is -0.120. The largest absolute Gasteiger partial charge is 0.328 e. The summed E-state index contributed by atoms with van der Waals surface area (Å²) in [5, 5.41) is 14.8. The number of ketones is 1. The number of hydrogen-bond acceptors (Lipinski definition) is 7. The molecule has 1 amide bonds. The lowest BCUT2D eigenvalue weighted by Crippen LogP contribution is -2.26. The Morgan fingerprint density at radius 1 is 1.13 bits per heavy atom. The Kier molecular flexibility index (Phi) is 5.94. The highest BCUT2D eigenvalue weighted by molar-refractivity contribution is 7.13. The van der Waals surface area contributed by atoms with Crippen molar-refractivity contribution < 1.29 is 9.59 Å². The zero-order valence-corrected chi connectivity index (χ0v) is 18.6. The molecule has 0 radical (unpaired) electrons. The van der Waals surface area contributed by atoms with Crippen molar-refractivity contribution in [2.75, 3.05) is 29.2 Å². The van der Waals surface area contributed by atoms with Crippen LogP contribution in [0.5, 0.6) is 0 Å². The summed E-state index contributed by atoms with van der Waals surface area (Å²) in [5.74, 6) is -0.126. The number of thiazole rings is 1. The molecule has 2 aromatic rings. The fourth-order valence-electron chi connectivity index (χ4n) is 3.27. The highest BCUT2D eigenvalue weighted by Gasteiger charge is 2.31. The van der Waals surface area contributed by atoms with Gasteiger partial charge in [0.1, 0.15) is 17.5 Å². The molecule has 0 bridgehead atoms. The summed E-state index contributed by atoms with van der Waals surface area (Å²) in [4.78, 5) is 33.2. The third kappa shape index (κ3) is 4.21. The topological polar surface area (TPSA) is 89.3 Å². The fourth-order valence-corrected chi connectivity index (χ4v) is 4.22. The number of fused-ring (bicyclic) bond motifs is 1. The number of nitrogens with one attached hydrogen (secondary N) is 1. The van der Waals surface area contributed by atoms with Gasteiger partial charge < -0.3 is 15.1 Å². The van der Waals surface area contributed by atoms with Crippen molar-refractivity contribution >= 4 is 39.5 Å². The van der Waals surface area contributed by atoms with Crippen LogP contribution in [0.15, 0.2) is 41.0 Å². The van der Waals surface area contributed by atoms with E-state index in [4.69, 9.17) is 0 Å². The summed E-state index contributed by atoms with van der Waals surface area (Å²) in [6.07, 6.45) is -0.0597. The monoisotopic (exact) mass is 423 g/mol. The fraction of sp³-hybridized carbons (Fsp3) is 0.364. The summed E-state index contributed by atoms with van der Waals surface area (Å²) in [6.45, 7) is 6.16. The van der Waals surface area contributed by atoms with E-state index in [2.05, 4.69) is 31.1 Å². The van der Waals surface area contributed by atoms with Crippen molar-refractivity contribution in [3.8, 4) is 6.07 Å². The quantitative estimate of drug-likeness (QED) is 0.576. The molecule has 1 aromatic carbocycles. The molecule has 0 spiro atoms. The molecule has 0 saturated heterocycles. The highest BCUT2D eigenvalue weighted by atomic mass is 32.1. The smallest absolute Gasteiger partial charge is 0.226 e. The number of allylic oxidation sites excluding steroid dienone is 1. The van der Waals surface area contributed by atoms with E-state index in [0.29, 0.717) is 11.0 Å². The number of amides is 1. The van der Waals surface area contributed by atoms with E-state index in [1.165, 1.54) is 11.3 Å². The zero-order valence-electron chi connectivity index (χ0n) is 17.8. The number of hydrogen-bond donors (Lipinski definition) is 1. The van der Waals surface area contributed by atoms with Crippen LogP contribution in [-0.2, 0) is 15.0 Å². The maximum atomic E-state index is 12.8. The average Bonchev–Trinajstić information content (AvgIpc) is 3.26. The molecular formula is C22H25N5O2S. The number of carbonyl (C=O) groups excluding carboxylic acids is 2. The predicted molar refractivity (Wildman–Crippen MR) is 120 cm³/mol. The van der Waals surface area contributed by atoms with Gasteiger partial charge in [-0.2, -0.15) is 5.26 Å². The first kappa shape index (κ1) is 21.5. The van der Waals surface area contributed by atoms with Gasteiger partial charge in [0.2, 0.25) is 5.91 Å². The Morgan fingerprint density at radius 2 is 1.73 bits per heavy atom. The summed E-state index contributed by atoms with van der Waals surface area (Å²) in [5.41, 5.74) is 2.70. The molecule has 1 aromatic heterocycles. The minimum Gasteiger partial charge on any atom is -0.328 e. The standard InChI is InChI=1S/C22H25N5O2S/c1-22(2,3)18-13-30-21(24-18)25-19(29)11-10-17(28)14(12-23)20-26(4)15-8-6-7-9-16(15)27(20)5/h6-9,13H,10-11H2,1-5H3,(H,24,25,29). The van der Waals surface area contributed by atoms with Gasteiger partial charge in [-0.15, -0.1) is 11.3 Å². The molecule has 1 N–H and O–H groups in total. The SMILES string of the molecule is CN1C(=C(C#N)C(=O)CCC(=O)Nc2nc(C(C)(C)C)cs2)N(C)c2ccccc21. The number of anilines is 3. The van der Waals surface area contributed by atoms with Gasteiger partial charge in [-0.3, -0.25) is 9.59 Å². The van der Waals surface area contributed by atoms with Crippen molar-refractivity contribution in [2.24, 2.45) is 0 Å². The molecule has 7 nitrogen and oxygen atoms in total. The van der Waals surface area contributed by atoms with Gasteiger partial charge in [-0.25, -0.2) is 4.98 Å². The molecule has 0 saturated carbocycles. The molecule has 0 aliphatic carbocycles. The number of carbonyl (C=O) groups is 2. The normalized spacial score (nSPS) is 13.1. The molecule has 0 atom stereocenters. The minimum absolute atomic E-state index is 0.0118. The molecule has 3 rings (SSSR count). The zero-order chi connectivity index (χ0) is 22.1. The van der Waals surface area contributed by atoms with Gasteiger partial charge in [-0.1, -0.05) is 32.9 Å². The molecule has 1 aliphatic heterocycles. The van der Waals surface area contributed by atoms with E-state index in [9.17, 15) is 14.9 Å². The Morgan fingerprint density at radius 3 is 2.23 bits per heavy atom. The van der Waals surface area contributed by atoms with Gasteiger partial charge in [0.05, 0.1) is 17.1 Å². The van der Waals surface area contributed by atoms with Crippen molar-refractivity contribution in [1.82, 2.24) is 4.98 Å². The van der Waals surface area contributed by atoms with Gasteiger partial charge in [0.15, 0.2) is 10.9 Å². The predicted octanol–water partition coefficient (Wildman–Crippen LogP) is 4.05. The second-order valence-electron chi connectivity index (χ2n) is 8.18. The third-order valence-corrected chi connectivity index (χ3v) is 5.71. The van der Waals surface area contributed by atoms with E-state index in [-0.39, 0.29) is 35.5 Å². The van der Waals surface area contributed by atoms with Gasteiger partial charge in [-0.05, 0) is 12.1 Å². The first-order valence-corrected chi connectivity index (χ1v) is 10.5. The Hall–Kier alpha value is -3.18. The van der Waals surface area contributed by atoms with Crippen LogP contribution in [-0.4, -0.2) is 30.8 Å². The van der Waals surface area contributed by atoms with E-state index < -0.39 is 0 Å². The van der Waals surface area contributed by atoms with Crippen molar-refractivity contribution in [1.29, 1.82) is 5.26 Å². The number of rotatable bonds is 5. The molecule has 30 heavy (non-hydrogen) atoms. The summed E-state index contributed by atoms with van der Waals surface area (Å²) in [7, 11) is 3.65. The number of para-hydroxylation sites is 2. The van der Waals surface area contributed by atoms with Crippen LogP contribution in [0, 0.1) is 11.3 Å². The summed E-state index contributed by atoms with van der Waals surface area (Å²) in [6, 6.07) is 9.73. The number of nitriles is 1. The Bertz CT molecular complexity index is 1030. The Labute approximate surface area is 180 Å². The number of benzene rings is 1. The van der Waals surface area contributed by atoms with Crippen LogP contribution >= 0.6 is 11.3 Å². The van der Waals surface area contributed by atoms with Crippen molar-refractivity contribution in [3.05, 3.63) is 46.7 Å². The second kappa shape index (κ2) is 8.28. The van der Waals surface area contributed by atoms with E-state index in [1.807, 2.05) is 59.6 Å². The van der Waals surface area contributed by atoms with Crippen LogP contribution in [0.1, 0.15) is 39.3 Å². The molecule has 156 valence electrons.